The molecule has 4 nitrogen and oxygen atoms in total. The first-order valence-corrected chi connectivity index (χ1v) is 9.61. The van der Waals surface area contributed by atoms with Gasteiger partial charge in [0.05, 0.1) is 6.04 Å². The Balaban J connectivity index is 0.00000210. The standard InChI is InChI=1S/C20H21FN4S.ClH/c1-12-13(2)22-20(24-19(12)23-17-6-4-16(21)5-7-17)25-10-8-15-9-11-26-18(15)14(25)3;/h4-7,9,11,14H,8,10H2,1-3H3,(H,22,23,24);1H. The number of benzene rings is 1. The zero-order chi connectivity index (χ0) is 18.3. The number of halogens is 2. The minimum atomic E-state index is -0.249. The molecule has 0 aliphatic carbocycles. The average Bonchev–Trinajstić information content (AvgIpc) is 3.11. The zero-order valence-corrected chi connectivity index (χ0v) is 17.1. The van der Waals surface area contributed by atoms with Gasteiger partial charge in [0.2, 0.25) is 5.95 Å². The summed E-state index contributed by atoms with van der Waals surface area (Å²) in [6, 6.07) is 8.80. The van der Waals surface area contributed by atoms with E-state index < -0.39 is 0 Å². The summed E-state index contributed by atoms with van der Waals surface area (Å²) in [6.45, 7) is 7.12. The second-order valence-electron chi connectivity index (χ2n) is 6.64. The first-order chi connectivity index (χ1) is 12.5. The van der Waals surface area contributed by atoms with Gasteiger partial charge < -0.3 is 10.2 Å². The molecule has 1 unspecified atom stereocenters. The third-order valence-corrected chi connectivity index (χ3v) is 6.12. The fourth-order valence-corrected chi connectivity index (χ4v) is 4.33. The van der Waals surface area contributed by atoms with Gasteiger partial charge in [0.15, 0.2) is 0 Å². The van der Waals surface area contributed by atoms with Gasteiger partial charge in [-0.25, -0.2) is 9.37 Å². The van der Waals surface area contributed by atoms with E-state index in [9.17, 15) is 4.39 Å². The summed E-state index contributed by atoms with van der Waals surface area (Å²) in [5.41, 5.74) is 4.20. The number of thiophene rings is 1. The van der Waals surface area contributed by atoms with Crippen molar-refractivity contribution >= 4 is 41.2 Å². The van der Waals surface area contributed by atoms with E-state index in [2.05, 4.69) is 28.6 Å². The Labute approximate surface area is 168 Å². The van der Waals surface area contributed by atoms with Crippen LogP contribution in [0.3, 0.4) is 0 Å². The number of aryl methyl sites for hydroxylation is 1. The molecule has 1 aliphatic heterocycles. The second-order valence-corrected chi connectivity index (χ2v) is 7.59. The van der Waals surface area contributed by atoms with Gasteiger partial charge in [0.1, 0.15) is 11.6 Å². The number of nitrogens with one attached hydrogen (secondary N) is 1. The number of anilines is 3. The maximum Gasteiger partial charge on any atom is 0.228 e. The smallest absolute Gasteiger partial charge is 0.228 e. The van der Waals surface area contributed by atoms with Gasteiger partial charge in [-0.3, -0.25) is 0 Å². The van der Waals surface area contributed by atoms with Gasteiger partial charge in [0, 0.05) is 28.4 Å². The maximum atomic E-state index is 13.2. The number of hydrogen-bond acceptors (Lipinski definition) is 5. The van der Waals surface area contributed by atoms with Crippen molar-refractivity contribution < 1.29 is 4.39 Å². The van der Waals surface area contributed by atoms with Crippen LogP contribution < -0.4 is 10.2 Å². The lowest BCUT2D eigenvalue weighted by Gasteiger charge is -2.34. The molecule has 1 aliphatic rings. The molecule has 1 atom stereocenters. The predicted molar refractivity (Wildman–Crippen MR) is 112 cm³/mol. The molecular weight excluding hydrogens is 383 g/mol. The van der Waals surface area contributed by atoms with Crippen molar-refractivity contribution in [1.82, 2.24) is 9.97 Å². The molecular formula is C20H22ClFN4S. The third-order valence-electron chi connectivity index (χ3n) is 4.99. The van der Waals surface area contributed by atoms with Crippen LogP contribution in [0.2, 0.25) is 0 Å². The monoisotopic (exact) mass is 404 g/mol. The van der Waals surface area contributed by atoms with E-state index in [0.717, 1.165) is 41.7 Å². The summed E-state index contributed by atoms with van der Waals surface area (Å²) >= 11 is 1.80. The van der Waals surface area contributed by atoms with Gasteiger partial charge in [-0.2, -0.15) is 4.98 Å². The fourth-order valence-electron chi connectivity index (χ4n) is 3.30. The van der Waals surface area contributed by atoms with Crippen LogP contribution in [0.1, 0.15) is 34.7 Å². The average molecular weight is 405 g/mol. The molecule has 142 valence electrons. The Kier molecular flexibility index (Phi) is 5.67. The summed E-state index contributed by atoms with van der Waals surface area (Å²) < 4.78 is 13.2. The Morgan fingerprint density at radius 3 is 2.63 bits per heavy atom. The minimum Gasteiger partial charge on any atom is -0.340 e. The highest BCUT2D eigenvalue weighted by Crippen LogP contribution is 2.36. The van der Waals surface area contributed by atoms with Crippen molar-refractivity contribution in [3.05, 3.63) is 63.2 Å². The van der Waals surface area contributed by atoms with E-state index in [1.54, 1.807) is 23.5 Å². The normalized spacial score (nSPS) is 15.9. The number of rotatable bonds is 3. The van der Waals surface area contributed by atoms with Crippen LogP contribution >= 0.6 is 23.7 Å². The minimum absolute atomic E-state index is 0. The maximum absolute atomic E-state index is 13.2. The lowest BCUT2D eigenvalue weighted by molar-refractivity contribution is 0.619. The fraction of sp³-hybridized carbons (Fsp3) is 0.300. The molecule has 1 N–H and O–H groups in total. The summed E-state index contributed by atoms with van der Waals surface area (Å²) in [6.07, 6.45) is 1.01. The largest absolute Gasteiger partial charge is 0.340 e. The van der Waals surface area contributed by atoms with E-state index in [4.69, 9.17) is 9.97 Å². The Morgan fingerprint density at radius 2 is 1.89 bits per heavy atom. The summed E-state index contributed by atoms with van der Waals surface area (Å²) in [5, 5.41) is 5.47. The summed E-state index contributed by atoms with van der Waals surface area (Å²) in [5.74, 6) is 1.26. The molecule has 27 heavy (non-hydrogen) atoms. The van der Waals surface area contributed by atoms with Gasteiger partial charge in [-0.05, 0) is 68.5 Å². The molecule has 3 aromatic rings. The lowest BCUT2D eigenvalue weighted by atomic mass is 10.0. The lowest BCUT2D eigenvalue weighted by Crippen LogP contribution is -2.34. The first-order valence-electron chi connectivity index (χ1n) is 8.73. The highest BCUT2D eigenvalue weighted by atomic mass is 35.5. The van der Waals surface area contributed by atoms with Gasteiger partial charge in [-0.15, -0.1) is 23.7 Å². The Bertz CT molecular complexity index is 942. The molecule has 3 heterocycles. The molecule has 0 amide bonds. The van der Waals surface area contributed by atoms with Crippen LogP contribution in [-0.2, 0) is 6.42 Å². The SMILES string of the molecule is Cc1nc(N2CCc3ccsc3C2C)nc(Nc2ccc(F)cc2)c1C.Cl. The number of hydrogen-bond donors (Lipinski definition) is 1. The zero-order valence-electron chi connectivity index (χ0n) is 15.5. The van der Waals surface area contributed by atoms with Crippen LogP contribution in [0.4, 0.5) is 21.8 Å². The molecule has 7 heteroatoms. The molecule has 1 aromatic carbocycles. The quantitative estimate of drug-likeness (QED) is 0.618. The van der Waals surface area contributed by atoms with Gasteiger partial charge in [0.25, 0.3) is 0 Å². The van der Waals surface area contributed by atoms with Crippen molar-refractivity contribution in [2.45, 2.75) is 33.2 Å². The summed E-state index contributed by atoms with van der Waals surface area (Å²) in [4.78, 5) is 13.2. The second kappa shape index (κ2) is 7.82. The van der Waals surface area contributed by atoms with E-state index in [1.807, 2.05) is 13.8 Å². The molecule has 0 saturated carbocycles. The van der Waals surface area contributed by atoms with Crippen molar-refractivity contribution in [2.75, 3.05) is 16.8 Å². The van der Waals surface area contributed by atoms with E-state index in [1.165, 1.54) is 22.6 Å². The van der Waals surface area contributed by atoms with Crippen LogP contribution in [-0.4, -0.2) is 16.5 Å². The molecule has 2 aromatic heterocycles. The van der Waals surface area contributed by atoms with Crippen molar-refractivity contribution in [2.24, 2.45) is 0 Å². The van der Waals surface area contributed by atoms with Crippen LogP contribution in [0.15, 0.2) is 35.7 Å². The van der Waals surface area contributed by atoms with E-state index in [0.29, 0.717) is 0 Å². The highest BCUT2D eigenvalue weighted by Gasteiger charge is 2.27. The van der Waals surface area contributed by atoms with Gasteiger partial charge in [-0.1, -0.05) is 0 Å². The van der Waals surface area contributed by atoms with Crippen molar-refractivity contribution in [3.63, 3.8) is 0 Å². The molecule has 0 saturated heterocycles. The van der Waals surface area contributed by atoms with Gasteiger partial charge >= 0.3 is 0 Å². The van der Waals surface area contributed by atoms with Crippen molar-refractivity contribution in [1.29, 1.82) is 0 Å². The first kappa shape index (κ1) is 19.6. The number of fused-ring (bicyclic) bond motifs is 1. The topological polar surface area (TPSA) is 41.1 Å². The van der Waals surface area contributed by atoms with Crippen LogP contribution in [0, 0.1) is 19.7 Å². The third kappa shape index (κ3) is 3.77. The Morgan fingerprint density at radius 1 is 1.15 bits per heavy atom. The number of aromatic nitrogens is 2. The van der Waals surface area contributed by atoms with Crippen LogP contribution in [0.25, 0.3) is 0 Å². The van der Waals surface area contributed by atoms with Crippen LogP contribution in [0.5, 0.6) is 0 Å². The molecule has 0 radical (unpaired) electrons. The predicted octanol–water partition coefficient (Wildman–Crippen LogP) is 5.58. The highest BCUT2D eigenvalue weighted by molar-refractivity contribution is 7.10. The molecule has 0 spiro atoms. The Hall–Kier alpha value is -2.18. The van der Waals surface area contributed by atoms with E-state index in [-0.39, 0.29) is 24.3 Å². The van der Waals surface area contributed by atoms with Crippen molar-refractivity contribution in [3.8, 4) is 0 Å². The molecule has 0 bridgehead atoms. The summed E-state index contributed by atoms with van der Waals surface area (Å²) in [7, 11) is 0. The molecule has 4 rings (SSSR count). The molecule has 0 fully saturated rings. The number of nitrogens with zero attached hydrogens (tertiary/aromatic N) is 3. The van der Waals surface area contributed by atoms with E-state index >= 15 is 0 Å².